The van der Waals surface area contributed by atoms with Crippen LogP contribution in [0.4, 0.5) is 0 Å². The molecule has 4 heteroatoms. The van der Waals surface area contributed by atoms with Gasteiger partial charge in [0.05, 0.1) is 13.0 Å². The van der Waals surface area contributed by atoms with Gasteiger partial charge in [-0.2, -0.15) is 0 Å². The van der Waals surface area contributed by atoms with E-state index in [1.54, 1.807) is 0 Å². The molecule has 0 amide bonds. The number of carbonyl (C=O) groups excluding carboxylic acids is 1. The van der Waals surface area contributed by atoms with Gasteiger partial charge in [-0.3, -0.25) is 14.6 Å². The van der Waals surface area contributed by atoms with Crippen LogP contribution >= 0.6 is 0 Å². The Kier molecular flexibility index (Phi) is 4.40. The highest BCUT2D eigenvalue weighted by atomic mass is 16.5. The lowest BCUT2D eigenvalue weighted by Gasteiger charge is -2.42. The van der Waals surface area contributed by atoms with Crippen LogP contribution in [0.3, 0.4) is 0 Å². The molecule has 2 atom stereocenters. The number of nitrogens with zero attached hydrogens (tertiary/aromatic N) is 2. The zero-order valence-corrected chi connectivity index (χ0v) is 11.0. The maximum Gasteiger partial charge on any atom is 0.307 e. The molecule has 0 N–H and O–H groups in total. The lowest BCUT2D eigenvalue weighted by atomic mass is 10.1. The Morgan fingerprint density at radius 3 is 3.00 bits per heavy atom. The lowest BCUT2D eigenvalue weighted by molar-refractivity contribution is -0.143. The van der Waals surface area contributed by atoms with Crippen molar-refractivity contribution in [3.63, 3.8) is 0 Å². The molecule has 0 spiro atoms. The topological polar surface area (TPSA) is 32.8 Å². The Balaban J connectivity index is 1.78. The first-order valence-electron chi connectivity index (χ1n) is 6.84. The van der Waals surface area contributed by atoms with Gasteiger partial charge in [0.25, 0.3) is 0 Å². The van der Waals surface area contributed by atoms with Gasteiger partial charge in [-0.15, -0.1) is 0 Å². The molecule has 0 saturated carbocycles. The number of hydrogen-bond donors (Lipinski definition) is 0. The molecular weight excluding hydrogens is 216 g/mol. The van der Waals surface area contributed by atoms with E-state index in [9.17, 15) is 4.79 Å². The van der Waals surface area contributed by atoms with E-state index in [4.69, 9.17) is 4.74 Å². The summed E-state index contributed by atoms with van der Waals surface area (Å²) in [5, 5.41) is 0. The summed E-state index contributed by atoms with van der Waals surface area (Å²) < 4.78 is 4.98. The molecule has 0 aliphatic carbocycles. The summed E-state index contributed by atoms with van der Waals surface area (Å²) in [4.78, 5) is 16.4. The van der Waals surface area contributed by atoms with Gasteiger partial charge in [0, 0.05) is 31.7 Å². The fraction of sp³-hybridized carbons (Fsp3) is 0.923. The van der Waals surface area contributed by atoms with Gasteiger partial charge in [-0.25, -0.2) is 0 Å². The van der Waals surface area contributed by atoms with Crippen LogP contribution in [0.2, 0.25) is 0 Å². The lowest BCUT2D eigenvalue weighted by Crippen LogP contribution is -2.55. The molecular formula is C13H24N2O2. The van der Waals surface area contributed by atoms with Crippen LogP contribution in [0.15, 0.2) is 0 Å². The van der Waals surface area contributed by atoms with Crippen molar-refractivity contribution in [3.8, 4) is 0 Å². The number of carbonyl (C=O) groups is 1. The van der Waals surface area contributed by atoms with Crippen molar-refractivity contribution in [2.45, 2.75) is 45.2 Å². The average molecular weight is 240 g/mol. The van der Waals surface area contributed by atoms with E-state index in [2.05, 4.69) is 16.7 Å². The van der Waals surface area contributed by atoms with Crippen LogP contribution in [0.25, 0.3) is 0 Å². The molecule has 2 saturated heterocycles. The summed E-state index contributed by atoms with van der Waals surface area (Å²) in [6.07, 6.45) is 3.19. The Morgan fingerprint density at radius 2 is 2.24 bits per heavy atom. The average Bonchev–Trinajstić information content (AvgIpc) is 2.73. The van der Waals surface area contributed by atoms with Crippen molar-refractivity contribution in [1.29, 1.82) is 0 Å². The minimum atomic E-state index is -0.0615. The van der Waals surface area contributed by atoms with Gasteiger partial charge in [-0.1, -0.05) is 0 Å². The second kappa shape index (κ2) is 5.83. The highest BCUT2D eigenvalue weighted by Crippen LogP contribution is 2.24. The third-order valence-corrected chi connectivity index (χ3v) is 3.97. The van der Waals surface area contributed by atoms with Crippen LogP contribution in [-0.4, -0.2) is 60.6 Å². The predicted octanol–water partition coefficient (Wildman–Crippen LogP) is 1.11. The van der Waals surface area contributed by atoms with Gasteiger partial charge in [0.1, 0.15) is 0 Å². The van der Waals surface area contributed by atoms with Crippen LogP contribution in [0, 0.1) is 0 Å². The summed E-state index contributed by atoms with van der Waals surface area (Å²) in [5.74, 6) is -0.0615. The molecule has 0 radical (unpaired) electrons. The quantitative estimate of drug-likeness (QED) is 0.689. The molecule has 0 aromatic heterocycles. The second-order valence-corrected chi connectivity index (χ2v) is 5.19. The van der Waals surface area contributed by atoms with Gasteiger partial charge in [-0.05, 0) is 33.2 Å². The van der Waals surface area contributed by atoms with E-state index in [0.717, 1.165) is 25.7 Å². The van der Waals surface area contributed by atoms with Crippen molar-refractivity contribution < 1.29 is 9.53 Å². The maximum atomic E-state index is 11.4. The number of fused-ring (bicyclic) bond motifs is 1. The third kappa shape index (κ3) is 3.19. The smallest absolute Gasteiger partial charge is 0.307 e. The molecule has 2 fully saturated rings. The van der Waals surface area contributed by atoms with Crippen LogP contribution < -0.4 is 0 Å². The summed E-state index contributed by atoms with van der Waals surface area (Å²) in [5.41, 5.74) is 0. The van der Waals surface area contributed by atoms with Gasteiger partial charge < -0.3 is 4.74 Å². The summed E-state index contributed by atoms with van der Waals surface area (Å²) in [6, 6.07) is 1.30. The fourth-order valence-electron chi connectivity index (χ4n) is 3.03. The zero-order chi connectivity index (χ0) is 12.3. The van der Waals surface area contributed by atoms with Gasteiger partial charge in [0.15, 0.2) is 0 Å². The predicted molar refractivity (Wildman–Crippen MR) is 66.9 cm³/mol. The number of hydrogen-bond acceptors (Lipinski definition) is 4. The van der Waals surface area contributed by atoms with E-state index in [-0.39, 0.29) is 5.97 Å². The Hall–Kier alpha value is -0.610. The third-order valence-electron chi connectivity index (χ3n) is 3.97. The van der Waals surface area contributed by atoms with E-state index in [0.29, 0.717) is 19.1 Å². The van der Waals surface area contributed by atoms with Crippen LogP contribution in [0.5, 0.6) is 0 Å². The number of piperazine rings is 1. The first-order chi connectivity index (χ1) is 8.20. The summed E-state index contributed by atoms with van der Waals surface area (Å²) in [6.45, 7) is 9.02. The first-order valence-corrected chi connectivity index (χ1v) is 6.84. The summed E-state index contributed by atoms with van der Waals surface area (Å²) in [7, 11) is 0. The first kappa shape index (κ1) is 12.8. The maximum absolute atomic E-state index is 11.4. The largest absolute Gasteiger partial charge is 0.466 e. The highest BCUT2D eigenvalue weighted by Gasteiger charge is 2.34. The molecule has 0 bridgehead atoms. The van der Waals surface area contributed by atoms with Crippen molar-refractivity contribution in [2.24, 2.45) is 0 Å². The Bertz CT molecular complexity index is 270. The number of ether oxygens (including phenoxy) is 1. The molecule has 0 aromatic carbocycles. The molecule has 0 aromatic rings. The Morgan fingerprint density at radius 1 is 1.41 bits per heavy atom. The monoisotopic (exact) mass is 240 g/mol. The number of rotatable bonds is 4. The molecule has 17 heavy (non-hydrogen) atoms. The molecule has 2 unspecified atom stereocenters. The second-order valence-electron chi connectivity index (χ2n) is 5.19. The van der Waals surface area contributed by atoms with Crippen LogP contribution in [0.1, 0.15) is 33.1 Å². The van der Waals surface area contributed by atoms with E-state index in [1.807, 2.05) is 6.92 Å². The molecule has 2 heterocycles. The van der Waals surface area contributed by atoms with Gasteiger partial charge in [0.2, 0.25) is 0 Å². The molecule has 98 valence electrons. The van der Waals surface area contributed by atoms with Crippen molar-refractivity contribution in [3.05, 3.63) is 0 Å². The normalized spacial score (nSPS) is 30.2. The Labute approximate surface area is 104 Å². The number of esters is 1. The molecule has 2 aliphatic rings. The van der Waals surface area contributed by atoms with E-state index in [1.165, 1.54) is 19.4 Å². The van der Waals surface area contributed by atoms with Crippen molar-refractivity contribution in [1.82, 2.24) is 9.80 Å². The molecule has 2 rings (SSSR count). The summed E-state index contributed by atoms with van der Waals surface area (Å²) >= 11 is 0. The van der Waals surface area contributed by atoms with Crippen LogP contribution in [-0.2, 0) is 9.53 Å². The minimum absolute atomic E-state index is 0.0615. The van der Waals surface area contributed by atoms with Gasteiger partial charge >= 0.3 is 5.97 Å². The van der Waals surface area contributed by atoms with Crippen molar-refractivity contribution >= 4 is 5.97 Å². The molecule has 2 aliphatic heterocycles. The van der Waals surface area contributed by atoms with E-state index >= 15 is 0 Å². The molecule has 4 nitrogen and oxygen atoms in total. The zero-order valence-electron chi connectivity index (χ0n) is 11.0. The fourth-order valence-corrected chi connectivity index (χ4v) is 3.03. The van der Waals surface area contributed by atoms with Crippen molar-refractivity contribution in [2.75, 3.05) is 32.8 Å². The SMILES string of the molecule is CCOC(=O)CCN1CC2CCCN2CC1C. The highest BCUT2D eigenvalue weighted by molar-refractivity contribution is 5.69. The van der Waals surface area contributed by atoms with E-state index < -0.39 is 0 Å². The minimum Gasteiger partial charge on any atom is -0.466 e. The standard InChI is InChI=1S/C13H24N2O2/c1-3-17-13(16)6-8-14-10-12-5-4-7-15(12)9-11(14)2/h11-12H,3-10H2,1-2H3.